The first-order valence-electron chi connectivity index (χ1n) is 8.55. The van der Waals surface area contributed by atoms with Crippen LogP contribution in [0.1, 0.15) is 33.6 Å². The molecule has 1 fully saturated rings. The number of halogens is 3. The Balaban J connectivity index is 0.00000625. The van der Waals surface area contributed by atoms with Gasteiger partial charge in [0.1, 0.15) is 0 Å². The molecule has 1 heterocycles. The van der Waals surface area contributed by atoms with Gasteiger partial charge in [0, 0.05) is 31.2 Å². The van der Waals surface area contributed by atoms with Gasteiger partial charge in [0.2, 0.25) is 10.0 Å². The van der Waals surface area contributed by atoms with E-state index in [0.717, 1.165) is 19.1 Å². The van der Waals surface area contributed by atoms with Crippen molar-refractivity contribution in [3.05, 3.63) is 0 Å². The quantitative estimate of drug-likeness (QED) is 0.259. The minimum Gasteiger partial charge on any atom is -0.357 e. The maximum absolute atomic E-state index is 12.4. The van der Waals surface area contributed by atoms with Crippen molar-refractivity contribution < 1.29 is 17.2 Å². The summed E-state index contributed by atoms with van der Waals surface area (Å²) in [4.78, 5) is 6.23. The van der Waals surface area contributed by atoms with E-state index in [1.54, 1.807) is 18.7 Å². The molecule has 0 aromatic heterocycles. The lowest BCUT2D eigenvalue weighted by molar-refractivity contribution is 0.0744. The number of guanidine groups is 1. The third-order valence-corrected chi connectivity index (χ3v) is 4.69. The monoisotopic (exact) mass is 511 g/mol. The molecule has 1 saturated heterocycles. The molecule has 0 spiro atoms. The Labute approximate surface area is 172 Å². The van der Waals surface area contributed by atoms with Crippen molar-refractivity contribution in [1.29, 1.82) is 0 Å². The number of piperidine rings is 1. The Kier molecular flexibility index (Phi) is 11.4. The summed E-state index contributed by atoms with van der Waals surface area (Å²) < 4.78 is 50.2. The van der Waals surface area contributed by atoms with Gasteiger partial charge in [0.05, 0.1) is 19.3 Å². The van der Waals surface area contributed by atoms with Crippen LogP contribution in [0.4, 0.5) is 8.78 Å². The van der Waals surface area contributed by atoms with E-state index in [4.69, 9.17) is 0 Å². The molecule has 1 aliphatic rings. The molecule has 0 bridgehead atoms. The van der Waals surface area contributed by atoms with E-state index in [1.165, 1.54) is 0 Å². The highest BCUT2D eigenvalue weighted by atomic mass is 127. The minimum absolute atomic E-state index is 0. The van der Waals surface area contributed by atoms with Crippen LogP contribution < -0.4 is 15.4 Å². The van der Waals surface area contributed by atoms with Crippen LogP contribution in [0.25, 0.3) is 0 Å². The smallest absolute Gasteiger partial charge is 0.251 e. The van der Waals surface area contributed by atoms with Gasteiger partial charge in [-0.05, 0) is 33.6 Å². The number of hydrogen-bond donors (Lipinski definition) is 3. The van der Waals surface area contributed by atoms with E-state index in [0.29, 0.717) is 25.6 Å². The van der Waals surface area contributed by atoms with Gasteiger partial charge in [0.25, 0.3) is 6.43 Å². The highest BCUT2D eigenvalue weighted by molar-refractivity contribution is 14.0. The highest BCUT2D eigenvalue weighted by Crippen LogP contribution is 2.12. The number of alkyl halides is 2. The van der Waals surface area contributed by atoms with Gasteiger partial charge < -0.3 is 10.6 Å². The maximum Gasteiger partial charge on any atom is 0.251 e. The summed E-state index contributed by atoms with van der Waals surface area (Å²) in [5.41, 5.74) is -0.698. The van der Waals surface area contributed by atoms with E-state index < -0.39 is 22.0 Å². The SMILES string of the molecule is CCNC(=NCC(C)(C)NS(C)(=O)=O)NC1CCN(CC(F)F)CC1.I. The first kappa shape index (κ1) is 25.7. The zero-order valence-corrected chi connectivity index (χ0v) is 19.0. The van der Waals surface area contributed by atoms with Crippen molar-refractivity contribution in [2.75, 3.05) is 39.0 Å². The second-order valence-corrected chi connectivity index (χ2v) is 8.81. The van der Waals surface area contributed by atoms with Crippen molar-refractivity contribution in [3.63, 3.8) is 0 Å². The molecule has 1 rings (SSSR count). The molecule has 11 heteroatoms. The molecule has 7 nitrogen and oxygen atoms in total. The normalized spacial score (nSPS) is 17.9. The lowest BCUT2D eigenvalue weighted by Crippen LogP contribution is -2.50. The summed E-state index contributed by atoms with van der Waals surface area (Å²) >= 11 is 0. The minimum atomic E-state index is -3.31. The highest BCUT2D eigenvalue weighted by Gasteiger charge is 2.24. The second kappa shape index (κ2) is 11.5. The standard InChI is InChI=1S/C15H31F2N5O2S.HI/c1-5-18-14(19-11-15(2,3)21-25(4,23)24)20-12-6-8-22(9-7-12)10-13(16)17;/h12-13,21H,5-11H2,1-4H3,(H2,18,19,20);1H. The average Bonchev–Trinajstić information content (AvgIpc) is 2.44. The molecule has 0 aromatic carbocycles. The molecule has 0 unspecified atom stereocenters. The molecule has 0 aromatic rings. The van der Waals surface area contributed by atoms with Gasteiger partial charge in [-0.2, -0.15) is 0 Å². The van der Waals surface area contributed by atoms with Crippen molar-refractivity contribution in [2.45, 2.75) is 51.6 Å². The average molecular weight is 511 g/mol. The predicted molar refractivity (Wildman–Crippen MR) is 112 cm³/mol. The van der Waals surface area contributed by atoms with Crippen LogP contribution in [0.15, 0.2) is 4.99 Å². The van der Waals surface area contributed by atoms with Gasteiger partial charge >= 0.3 is 0 Å². The van der Waals surface area contributed by atoms with Gasteiger partial charge in [-0.15, -0.1) is 24.0 Å². The molecule has 3 N–H and O–H groups in total. The first-order valence-corrected chi connectivity index (χ1v) is 10.4. The fraction of sp³-hybridized carbons (Fsp3) is 0.933. The Hall–Kier alpha value is -0.270. The van der Waals surface area contributed by atoms with E-state index in [1.807, 2.05) is 6.92 Å². The van der Waals surface area contributed by atoms with Crippen LogP contribution in [0, 0.1) is 0 Å². The van der Waals surface area contributed by atoms with Crippen molar-refractivity contribution >= 4 is 40.0 Å². The predicted octanol–water partition coefficient (Wildman–Crippen LogP) is 1.22. The summed E-state index contributed by atoms with van der Waals surface area (Å²) in [6.07, 6.45) is 0.354. The van der Waals surface area contributed by atoms with Crippen LogP contribution in [-0.4, -0.2) is 76.3 Å². The number of nitrogens with zero attached hydrogens (tertiary/aromatic N) is 2. The van der Waals surface area contributed by atoms with Crippen LogP contribution in [-0.2, 0) is 10.0 Å². The molecule has 1 aliphatic heterocycles. The molecule has 0 aliphatic carbocycles. The molecule has 0 saturated carbocycles. The second-order valence-electron chi connectivity index (χ2n) is 7.06. The maximum atomic E-state index is 12.4. The molecular formula is C15H32F2IN5O2S. The number of likely N-dealkylation sites (tertiary alicyclic amines) is 1. The number of rotatable bonds is 8. The number of nitrogens with one attached hydrogen (secondary N) is 3. The van der Waals surface area contributed by atoms with Gasteiger partial charge in [0.15, 0.2) is 5.96 Å². The summed E-state index contributed by atoms with van der Waals surface area (Å²) in [6.45, 7) is 7.52. The Morgan fingerprint density at radius 2 is 1.88 bits per heavy atom. The molecular weight excluding hydrogens is 479 g/mol. The Bertz CT molecular complexity index is 538. The molecule has 26 heavy (non-hydrogen) atoms. The fourth-order valence-electron chi connectivity index (χ4n) is 2.78. The third-order valence-electron chi connectivity index (χ3n) is 3.76. The summed E-state index contributed by atoms with van der Waals surface area (Å²) in [5.74, 6) is 0.609. The van der Waals surface area contributed by atoms with E-state index in [-0.39, 0.29) is 43.1 Å². The molecule has 0 radical (unpaired) electrons. The van der Waals surface area contributed by atoms with E-state index in [2.05, 4.69) is 20.3 Å². The summed E-state index contributed by atoms with van der Waals surface area (Å²) in [5, 5.41) is 6.45. The Morgan fingerprint density at radius 3 is 2.35 bits per heavy atom. The zero-order valence-electron chi connectivity index (χ0n) is 15.9. The van der Waals surface area contributed by atoms with Crippen molar-refractivity contribution in [2.24, 2.45) is 4.99 Å². The largest absolute Gasteiger partial charge is 0.357 e. The van der Waals surface area contributed by atoms with Crippen LogP contribution in [0.3, 0.4) is 0 Å². The van der Waals surface area contributed by atoms with Crippen LogP contribution in [0.2, 0.25) is 0 Å². The van der Waals surface area contributed by atoms with Gasteiger partial charge in [-0.1, -0.05) is 0 Å². The third kappa shape index (κ3) is 11.4. The zero-order chi connectivity index (χ0) is 19.1. The first-order chi connectivity index (χ1) is 11.5. The van der Waals surface area contributed by atoms with E-state index in [9.17, 15) is 17.2 Å². The lowest BCUT2D eigenvalue weighted by Gasteiger charge is -2.33. The number of hydrogen-bond acceptors (Lipinski definition) is 4. The summed E-state index contributed by atoms with van der Waals surface area (Å²) in [6, 6.07) is 0.165. The number of sulfonamides is 1. The van der Waals surface area contributed by atoms with Gasteiger partial charge in [-0.25, -0.2) is 21.9 Å². The molecule has 156 valence electrons. The van der Waals surface area contributed by atoms with Gasteiger partial charge in [-0.3, -0.25) is 9.89 Å². The molecule has 0 atom stereocenters. The number of aliphatic imine (C=N–C) groups is 1. The lowest BCUT2D eigenvalue weighted by atomic mass is 10.1. The van der Waals surface area contributed by atoms with Crippen LogP contribution in [0.5, 0.6) is 0 Å². The fourth-order valence-corrected chi connectivity index (χ4v) is 3.85. The van der Waals surface area contributed by atoms with E-state index >= 15 is 0 Å². The Morgan fingerprint density at radius 1 is 1.31 bits per heavy atom. The topological polar surface area (TPSA) is 85.8 Å². The van der Waals surface area contributed by atoms with Crippen molar-refractivity contribution in [1.82, 2.24) is 20.3 Å². The summed E-state index contributed by atoms with van der Waals surface area (Å²) in [7, 11) is -3.31. The van der Waals surface area contributed by atoms with Crippen LogP contribution >= 0.6 is 24.0 Å². The van der Waals surface area contributed by atoms with Crippen molar-refractivity contribution in [3.8, 4) is 0 Å². The molecule has 0 amide bonds.